The summed E-state index contributed by atoms with van der Waals surface area (Å²) in [6.07, 6.45) is 0.909. The minimum Gasteiger partial charge on any atom is -0.461 e. The Kier molecular flexibility index (Phi) is 4.28. The van der Waals surface area contributed by atoms with Gasteiger partial charge in [-0.2, -0.15) is 0 Å². The minimum atomic E-state index is 0.771. The molecule has 0 aliphatic rings. The van der Waals surface area contributed by atoms with Gasteiger partial charge in [0.2, 0.25) is 0 Å². The van der Waals surface area contributed by atoms with E-state index in [0.717, 1.165) is 35.9 Å². The molecule has 2 aromatic carbocycles. The second-order valence-electron chi connectivity index (χ2n) is 5.08. The van der Waals surface area contributed by atoms with E-state index in [1.54, 1.807) is 0 Å². The number of hydrogen-bond acceptors (Lipinski definition) is 2. The zero-order valence-electron chi connectivity index (χ0n) is 12.0. The molecule has 0 amide bonds. The summed E-state index contributed by atoms with van der Waals surface area (Å²) in [6, 6.07) is 16.1. The Balaban J connectivity index is 1.74. The summed E-state index contributed by atoms with van der Waals surface area (Å²) in [4.78, 5) is 0. The van der Waals surface area contributed by atoms with Crippen molar-refractivity contribution in [1.29, 1.82) is 0 Å². The Morgan fingerprint density at radius 1 is 1.00 bits per heavy atom. The second kappa shape index (κ2) is 6.33. The van der Waals surface area contributed by atoms with Crippen LogP contribution in [0.4, 0.5) is 0 Å². The molecule has 3 aromatic rings. The van der Waals surface area contributed by atoms with Crippen LogP contribution in [0.3, 0.4) is 0 Å². The van der Waals surface area contributed by atoms with E-state index in [1.807, 2.05) is 36.4 Å². The maximum absolute atomic E-state index is 5.91. The molecule has 2 nitrogen and oxygen atoms in total. The van der Waals surface area contributed by atoms with Crippen LogP contribution in [0, 0.1) is 0 Å². The van der Waals surface area contributed by atoms with Gasteiger partial charge in [-0.3, -0.25) is 0 Å². The zero-order valence-corrected chi connectivity index (χ0v) is 12.8. The first-order valence-electron chi connectivity index (χ1n) is 7.22. The summed E-state index contributed by atoms with van der Waals surface area (Å²) in [5, 5.41) is 5.46. The largest absolute Gasteiger partial charge is 0.461 e. The lowest BCUT2D eigenvalue weighted by atomic mass is 10.1. The van der Waals surface area contributed by atoms with Gasteiger partial charge in [0.15, 0.2) is 0 Å². The molecule has 3 heteroatoms. The molecule has 0 saturated heterocycles. The van der Waals surface area contributed by atoms with Crippen LogP contribution in [0.25, 0.3) is 11.0 Å². The van der Waals surface area contributed by atoms with E-state index >= 15 is 0 Å². The van der Waals surface area contributed by atoms with Crippen LogP contribution in [0.5, 0.6) is 0 Å². The highest BCUT2D eigenvalue weighted by Gasteiger charge is 2.11. The number of halogens is 1. The van der Waals surface area contributed by atoms with Crippen molar-refractivity contribution >= 4 is 22.6 Å². The maximum Gasteiger partial charge on any atom is 0.134 e. The van der Waals surface area contributed by atoms with E-state index in [9.17, 15) is 0 Å². The number of fused-ring (bicyclic) bond motifs is 1. The van der Waals surface area contributed by atoms with Crippen LogP contribution in [0.15, 0.2) is 52.9 Å². The molecule has 0 radical (unpaired) electrons. The van der Waals surface area contributed by atoms with Gasteiger partial charge >= 0.3 is 0 Å². The van der Waals surface area contributed by atoms with Gasteiger partial charge in [-0.1, -0.05) is 48.9 Å². The predicted octanol–water partition coefficient (Wildman–Crippen LogP) is 4.94. The van der Waals surface area contributed by atoms with E-state index in [4.69, 9.17) is 16.0 Å². The Morgan fingerprint density at radius 3 is 2.52 bits per heavy atom. The molecule has 0 aliphatic carbocycles. The highest BCUT2D eigenvalue weighted by Crippen LogP contribution is 2.26. The van der Waals surface area contributed by atoms with Crippen molar-refractivity contribution in [2.24, 2.45) is 0 Å². The van der Waals surface area contributed by atoms with Crippen molar-refractivity contribution in [3.05, 3.63) is 70.4 Å². The number of aryl methyl sites for hydroxylation is 1. The van der Waals surface area contributed by atoms with Crippen LogP contribution >= 0.6 is 11.6 Å². The fraction of sp³-hybridized carbons (Fsp3) is 0.222. The van der Waals surface area contributed by atoms with Crippen molar-refractivity contribution in [2.75, 3.05) is 0 Å². The van der Waals surface area contributed by atoms with Crippen LogP contribution in [0.2, 0.25) is 5.02 Å². The highest BCUT2D eigenvalue weighted by molar-refractivity contribution is 6.30. The number of hydrogen-bond donors (Lipinski definition) is 1. The maximum atomic E-state index is 5.91. The first-order chi connectivity index (χ1) is 10.3. The van der Waals surface area contributed by atoms with Crippen molar-refractivity contribution in [1.82, 2.24) is 5.32 Å². The normalized spacial score (nSPS) is 11.1. The smallest absolute Gasteiger partial charge is 0.134 e. The SMILES string of the molecule is CCc1oc2ccccc2c1CNCc1ccc(Cl)cc1. The zero-order chi connectivity index (χ0) is 14.7. The summed E-state index contributed by atoms with van der Waals surface area (Å²) in [5.41, 5.74) is 3.46. The molecular formula is C18H18ClNO. The van der Waals surface area contributed by atoms with Gasteiger partial charge in [0.05, 0.1) is 0 Å². The van der Waals surface area contributed by atoms with E-state index in [-0.39, 0.29) is 0 Å². The van der Waals surface area contributed by atoms with Crippen LogP contribution in [-0.2, 0) is 19.5 Å². The molecule has 21 heavy (non-hydrogen) atoms. The lowest BCUT2D eigenvalue weighted by Crippen LogP contribution is -2.13. The summed E-state index contributed by atoms with van der Waals surface area (Å²) < 4.78 is 5.91. The molecule has 108 valence electrons. The number of rotatable bonds is 5. The molecule has 0 spiro atoms. The molecule has 0 unspecified atom stereocenters. The Morgan fingerprint density at radius 2 is 1.76 bits per heavy atom. The lowest BCUT2D eigenvalue weighted by molar-refractivity contribution is 0.544. The standard InChI is InChI=1S/C18H18ClNO/c1-2-17-16(15-5-3-4-6-18(15)21-17)12-20-11-13-7-9-14(19)10-8-13/h3-10,20H,2,11-12H2,1H3. The van der Waals surface area contributed by atoms with Gasteiger partial charge in [0, 0.05) is 35.5 Å². The Hall–Kier alpha value is -1.77. The minimum absolute atomic E-state index is 0.771. The van der Waals surface area contributed by atoms with E-state index in [1.165, 1.54) is 16.5 Å². The second-order valence-corrected chi connectivity index (χ2v) is 5.52. The Bertz CT molecular complexity index is 731. The molecule has 0 aliphatic heterocycles. The molecule has 0 fully saturated rings. The van der Waals surface area contributed by atoms with Crippen molar-refractivity contribution in [3.63, 3.8) is 0 Å². The van der Waals surface area contributed by atoms with Gasteiger partial charge in [-0.05, 0) is 23.8 Å². The van der Waals surface area contributed by atoms with E-state index < -0.39 is 0 Å². The van der Waals surface area contributed by atoms with E-state index in [0.29, 0.717) is 0 Å². The van der Waals surface area contributed by atoms with E-state index in [2.05, 4.69) is 24.4 Å². The van der Waals surface area contributed by atoms with Gasteiger partial charge < -0.3 is 9.73 Å². The van der Waals surface area contributed by atoms with Crippen molar-refractivity contribution in [2.45, 2.75) is 26.4 Å². The third-order valence-corrected chi connectivity index (χ3v) is 3.90. The summed E-state index contributed by atoms with van der Waals surface area (Å²) in [6.45, 7) is 3.75. The molecular weight excluding hydrogens is 282 g/mol. The van der Waals surface area contributed by atoms with Gasteiger partial charge in [0.1, 0.15) is 11.3 Å². The molecule has 1 N–H and O–H groups in total. The fourth-order valence-electron chi connectivity index (χ4n) is 2.56. The fourth-order valence-corrected chi connectivity index (χ4v) is 2.69. The lowest BCUT2D eigenvalue weighted by Gasteiger charge is -2.05. The summed E-state index contributed by atoms with van der Waals surface area (Å²) in [7, 11) is 0. The topological polar surface area (TPSA) is 25.2 Å². The molecule has 0 bridgehead atoms. The van der Waals surface area contributed by atoms with Crippen LogP contribution in [0.1, 0.15) is 23.8 Å². The quantitative estimate of drug-likeness (QED) is 0.722. The highest BCUT2D eigenvalue weighted by atomic mass is 35.5. The van der Waals surface area contributed by atoms with Crippen LogP contribution in [-0.4, -0.2) is 0 Å². The number of furan rings is 1. The molecule has 0 saturated carbocycles. The van der Waals surface area contributed by atoms with Crippen LogP contribution < -0.4 is 5.32 Å². The average molecular weight is 300 g/mol. The first kappa shape index (κ1) is 14.2. The summed E-state index contributed by atoms with van der Waals surface area (Å²) in [5.74, 6) is 1.07. The third kappa shape index (κ3) is 3.12. The first-order valence-corrected chi connectivity index (χ1v) is 7.60. The number of nitrogens with one attached hydrogen (secondary N) is 1. The third-order valence-electron chi connectivity index (χ3n) is 3.65. The van der Waals surface area contributed by atoms with Crippen molar-refractivity contribution < 1.29 is 4.42 Å². The monoisotopic (exact) mass is 299 g/mol. The molecule has 1 aromatic heterocycles. The summed E-state index contributed by atoms with van der Waals surface area (Å²) >= 11 is 5.90. The number of para-hydroxylation sites is 1. The Labute approximate surface area is 129 Å². The average Bonchev–Trinajstić information content (AvgIpc) is 2.87. The number of benzene rings is 2. The predicted molar refractivity (Wildman–Crippen MR) is 87.6 cm³/mol. The molecule has 0 atom stereocenters. The molecule has 3 rings (SSSR count). The van der Waals surface area contributed by atoms with Crippen molar-refractivity contribution in [3.8, 4) is 0 Å². The van der Waals surface area contributed by atoms with Gasteiger partial charge in [0.25, 0.3) is 0 Å². The van der Waals surface area contributed by atoms with Gasteiger partial charge in [-0.25, -0.2) is 0 Å². The van der Waals surface area contributed by atoms with Gasteiger partial charge in [-0.15, -0.1) is 0 Å². The molecule has 1 heterocycles.